The highest BCUT2D eigenvalue weighted by Crippen LogP contribution is 2.21. The summed E-state index contributed by atoms with van der Waals surface area (Å²) in [4.78, 5) is 4.31. The minimum absolute atomic E-state index is 0.406. The number of anilines is 1. The first kappa shape index (κ1) is 14.2. The van der Waals surface area contributed by atoms with Crippen molar-refractivity contribution in [3.8, 4) is 0 Å². The fourth-order valence-electron chi connectivity index (χ4n) is 2.35. The summed E-state index contributed by atoms with van der Waals surface area (Å²) in [6.07, 6.45) is 0.482. The fraction of sp³-hybridized carbons (Fsp3) is 0.133. The lowest BCUT2D eigenvalue weighted by Crippen LogP contribution is -2.06. The van der Waals surface area contributed by atoms with Gasteiger partial charge >= 0.3 is 0 Å². The van der Waals surface area contributed by atoms with Gasteiger partial charge in [-0.05, 0) is 64.9 Å². The van der Waals surface area contributed by atoms with E-state index in [0.29, 0.717) is 24.5 Å². The lowest BCUT2D eigenvalue weighted by atomic mass is 10.1. The second kappa shape index (κ2) is 5.59. The smallest absolute Gasteiger partial charge is 0.201 e. The topological polar surface area (TPSA) is 43.8 Å². The summed E-state index contributed by atoms with van der Waals surface area (Å²) in [5.74, 6) is -0.727. The molecule has 0 aliphatic carbocycles. The molecule has 21 heavy (non-hydrogen) atoms. The van der Waals surface area contributed by atoms with Crippen LogP contribution in [0.15, 0.2) is 36.4 Å². The Morgan fingerprint density at radius 3 is 2.52 bits per heavy atom. The summed E-state index contributed by atoms with van der Waals surface area (Å²) in [5.41, 5.74) is 8.27. The van der Waals surface area contributed by atoms with Gasteiger partial charge in [0.15, 0.2) is 0 Å². The van der Waals surface area contributed by atoms with Crippen molar-refractivity contribution < 1.29 is 8.78 Å². The number of nitrogens with zero attached hydrogens (tertiary/aromatic N) is 2. The van der Waals surface area contributed by atoms with Gasteiger partial charge < -0.3 is 10.3 Å². The maximum absolute atomic E-state index is 13.2. The second-order valence-electron chi connectivity index (χ2n) is 4.78. The van der Waals surface area contributed by atoms with Crippen LogP contribution in [0.3, 0.4) is 0 Å². The Morgan fingerprint density at radius 2 is 1.81 bits per heavy atom. The predicted molar refractivity (Wildman–Crippen MR) is 86.9 cm³/mol. The summed E-state index contributed by atoms with van der Waals surface area (Å²) in [6, 6.07) is 9.41. The average molecular weight is 399 g/mol. The first-order chi connectivity index (χ1) is 10.0. The third kappa shape index (κ3) is 2.99. The molecular formula is C15H12F2IN3. The maximum atomic E-state index is 13.2. The molecule has 0 amide bonds. The van der Waals surface area contributed by atoms with Crippen LogP contribution in [0.4, 0.5) is 14.7 Å². The van der Waals surface area contributed by atoms with Gasteiger partial charge in [0.25, 0.3) is 0 Å². The molecule has 1 heterocycles. The van der Waals surface area contributed by atoms with Crippen molar-refractivity contribution in [2.75, 3.05) is 5.73 Å². The molecule has 0 unspecified atom stereocenters. The Labute approximate surface area is 133 Å². The summed E-state index contributed by atoms with van der Waals surface area (Å²) in [5, 5.41) is 0. The zero-order chi connectivity index (χ0) is 15.0. The zero-order valence-corrected chi connectivity index (χ0v) is 13.1. The van der Waals surface area contributed by atoms with E-state index >= 15 is 0 Å². The molecule has 6 heteroatoms. The number of nitrogen functional groups attached to an aromatic ring is 1. The van der Waals surface area contributed by atoms with Gasteiger partial charge in [-0.15, -0.1) is 0 Å². The van der Waals surface area contributed by atoms with Crippen molar-refractivity contribution in [3.05, 3.63) is 57.2 Å². The van der Waals surface area contributed by atoms with Crippen LogP contribution in [0, 0.1) is 15.2 Å². The van der Waals surface area contributed by atoms with Crippen molar-refractivity contribution in [1.29, 1.82) is 0 Å². The summed E-state index contributed by atoms with van der Waals surface area (Å²) >= 11 is 2.21. The highest BCUT2D eigenvalue weighted by molar-refractivity contribution is 14.1. The maximum Gasteiger partial charge on any atom is 0.201 e. The fourth-order valence-corrected chi connectivity index (χ4v) is 2.83. The molecule has 0 aliphatic heterocycles. The highest BCUT2D eigenvalue weighted by Gasteiger charge is 2.09. The number of aromatic nitrogens is 2. The van der Waals surface area contributed by atoms with Crippen LogP contribution in [0.2, 0.25) is 0 Å². The van der Waals surface area contributed by atoms with Gasteiger partial charge in [-0.25, -0.2) is 13.8 Å². The summed E-state index contributed by atoms with van der Waals surface area (Å²) < 4.78 is 29.3. The lowest BCUT2D eigenvalue weighted by Gasteiger charge is -2.07. The molecule has 0 fully saturated rings. The van der Waals surface area contributed by atoms with E-state index in [1.807, 2.05) is 22.8 Å². The highest BCUT2D eigenvalue weighted by atomic mass is 127. The number of rotatable bonds is 3. The Balaban J connectivity index is 1.89. The summed E-state index contributed by atoms with van der Waals surface area (Å²) in [6.45, 7) is 0.520. The Kier molecular flexibility index (Phi) is 3.79. The van der Waals surface area contributed by atoms with Crippen LogP contribution in [0.5, 0.6) is 0 Å². The van der Waals surface area contributed by atoms with Crippen LogP contribution in [-0.2, 0) is 13.0 Å². The van der Waals surface area contributed by atoms with Gasteiger partial charge in [0.1, 0.15) is 11.6 Å². The molecule has 2 N–H and O–H groups in total. The van der Waals surface area contributed by atoms with Crippen molar-refractivity contribution in [2.45, 2.75) is 13.0 Å². The molecule has 0 atom stereocenters. The molecule has 108 valence electrons. The van der Waals surface area contributed by atoms with Crippen LogP contribution in [-0.4, -0.2) is 9.55 Å². The SMILES string of the molecule is Nc1nc2cc(I)ccc2n1CCc1cc(F)cc(F)c1. The molecule has 3 rings (SSSR count). The second-order valence-corrected chi connectivity index (χ2v) is 6.03. The standard InChI is InChI=1S/C15H12F2IN3/c16-10-5-9(6-11(17)7-10)3-4-21-14-2-1-12(18)8-13(14)20-15(21)19/h1-2,5-8H,3-4H2,(H2,19,20). The first-order valence-electron chi connectivity index (χ1n) is 6.39. The van der Waals surface area contributed by atoms with Crippen molar-refractivity contribution in [2.24, 2.45) is 0 Å². The van der Waals surface area contributed by atoms with Gasteiger partial charge in [0, 0.05) is 16.2 Å². The van der Waals surface area contributed by atoms with E-state index in [4.69, 9.17) is 5.73 Å². The number of halogens is 3. The molecule has 1 aromatic heterocycles. The number of imidazole rings is 1. The molecule has 2 aromatic carbocycles. The van der Waals surface area contributed by atoms with E-state index in [9.17, 15) is 8.78 Å². The van der Waals surface area contributed by atoms with Gasteiger partial charge in [-0.1, -0.05) is 0 Å². The van der Waals surface area contributed by atoms with E-state index < -0.39 is 11.6 Å². The van der Waals surface area contributed by atoms with E-state index in [0.717, 1.165) is 20.7 Å². The van der Waals surface area contributed by atoms with Crippen LogP contribution < -0.4 is 5.73 Å². The molecule has 0 saturated heterocycles. The average Bonchev–Trinajstić information content (AvgIpc) is 2.70. The quantitative estimate of drug-likeness (QED) is 0.682. The zero-order valence-electron chi connectivity index (χ0n) is 11.0. The van der Waals surface area contributed by atoms with Crippen LogP contribution >= 0.6 is 22.6 Å². The molecular weight excluding hydrogens is 387 g/mol. The van der Waals surface area contributed by atoms with E-state index in [-0.39, 0.29) is 0 Å². The number of hydrogen-bond acceptors (Lipinski definition) is 2. The van der Waals surface area contributed by atoms with E-state index in [1.54, 1.807) is 0 Å². The largest absolute Gasteiger partial charge is 0.369 e. The third-order valence-corrected chi connectivity index (χ3v) is 3.96. The molecule has 0 radical (unpaired) electrons. The molecule has 3 aromatic rings. The van der Waals surface area contributed by atoms with Crippen LogP contribution in [0.1, 0.15) is 5.56 Å². The van der Waals surface area contributed by atoms with Crippen LogP contribution in [0.25, 0.3) is 11.0 Å². The Hall–Kier alpha value is -1.70. The van der Waals surface area contributed by atoms with Crippen molar-refractivity contribution in [1.82, 2.24) is 9.55 Å². The monoisotopic (exact) mass is 399 g/mol. The van der Waals surface area contributed by atoms with Gasteiger partial charge in [-0.2, -0.15) is 0 Å². The number of nitrogens with two attached hydrogens (primary N) is 1. The normalized spacial score (nSPS) is 11.2. The van der Waals surface area contributed by atoms with Gasteiger partial charge in [0.2, 0.25) is 5.95 Å². The third-order valence-electron chi connectivity index (χ3n) is 3.29. The number of fused-ring (bicyclic) bond motifs is 1. The minimum Gasteiger partial charge on any atom is -0.369 e. The lowest BCUT2D eigenvalue weighted by molar-refractivity contribution is 0.577. The molecule has 0 spiro atoms. The van der Waals surface area contributed by atoms with Crippen molar-refractivity contribution in [3.63, 3.8) is 0 Å². The van der Waals surface area contributed by atoms with Gasteiger partial charge in [0.05, 0.1) is 11.0 Å². The van der Waals surface area contributed by atoms with Crippen molar-refractivity contribution >= 4 is 39.6 Å². The number of hydrogen-bond donors (Lipinski definition) is 1. The first-order valence-corrected chi connectivity index (χ1v) is 7.47. The number of benzene rings is 2. The van der Waals surface area contributed by atoms with E-state index in [1.165, 1.54) is 12.1 Å². The minimum atomic E-state index is -0.567. The molecule has 0 aliphatic rings. The van der Waals surface area contributed by atoms with Gasteiger partial charge in [-0.3, -0.25) is 0 Å². The van der Waals surface area contributed by atoms with E-state index in [2.05, 4.69) is 27.6 Å². The molecule has 0 bridgehead atoms. The predicted octanol–water partition coefficient (Wildman–Crippen LogP) is 3.74. The Morgan fingerprint density at radius 1 is 1.10 bits per heavy atom. The Bertz CT molecular complexity index is 794. The number of aryl methyl sites for hydroxylation is 2. The molecule has 0 saturated carbocycles. The summed E-state index contributed by atoms with van der Waals surface area (Å²) in [7, 11) is 0. The molecule has 3 nitrogen and oxygen atoms in total.